The Labute approximate surface area is 148 Å². The molecule has 1 heterocycles. The van der Waals surface area contributed by atoms with E-state index in [2.05, 4.69) is 22.4 Å². The summed E-state index contributed by atoms with van der Waals surface area (Å²) in [6.45, 7) is 8.15. The van der Waals surface area contributed by atoms with Crippen LogP contribution in [0.5, 0.6) is 0 Å². The van der Waals surface area contributed by atoms with Crippen molar-refractivity contribution in [1.82, 2.24) is 10.3 Å². The average Bonchev–Trinajstić information content (AvgIpc) is 2.93. The highest BCUT2D eigenvalue weighted by atomic mass is 32.1. The maximum Gasteiger partial charge on any atom is 0.225 e. The second-order valence-corrected chi connectivity index (χ2v) is 7.54. The molecule has 0 spiro atoms. The summed E-state index contributed by atoms with van der Waals surface area (Å²) in [5.74, 6) is -0.0765. The molecule has 0 aliphatic rings. The van der Waals surface area contributed by atoms with Gasteiger partial charge in [-0.3, -0.25) is 4.79 Å². The van der Waals surface area contributed by atoms with Gasteiger partial charge in [-0.05, 0) is 26.7 Å². The number of nitrogens with zero attached hydrogens (tertiary/aromatic N) is 1. The number of carbonyl (C=O) groups is 1. The molecule has 5 heteroatoms. The Kier molecular flexibility index (Phi) is 6.13. The highest BCUT2D eigenvalue weighted by molar-refractivity contribution is 7.12. The van der Waals surface area contributed by atoms with Crippen LogP contribution in [0.2, 0.25) is 0 Å². The van der Waals surface area contributed by atoms with Crippen LogP contribution in [0, 0.1) is 13.8 Å². The van der Waals surface area contributed by atoms with Crippen molar-refractivity contribution in [2.75, 3.05) is 6.54 Å². The van der Waals surface area contributed by atoms with Crippen molar-refractivity contribution in [3.05, 3.63) is 39.7 Å². The smallest absolute Gasteiger partial charge is 0.225 e. The van der Waals surface area contributed by atoms with Crippen LogP contribution in [0.4, 0.5) is 0 Å². The van der Waals surface area contributed by atoms with Gasteiger partial charge in [0.2, 0.25) is 5.91 Å². The molecule has 1 aromatic heterocycles. The molecule has 0 aliphatic carbocycles. The van der Waals surface area contributed by atoms with E-state index in [0.29, 0.717) is 12.8 Å². The minimum Gasteiger partial charge on any atom is -0.388 e. The number of carbonyl (C=O) groups excluding carboxylic acids is 1. The van der Waals surface area contributed by atoms with Gasteiger partial charge in [-0.2, -0.15) is 0 Å². The summed E-state index contributed by atoms with van der Waals surface area (Å²) in [6, 6.07) is 8.18. The third-order valence-electron chi connectivity index (χ3n) is 4.38. The molecule has 2 N–H and O–H groups in total. The number of amides is 1. The van der Waals surface area contributed by atoms with Crippen molar-refractivity contribution < 1.29 is 9.90 Å². The van der Waals surface area contributed by atoms with Gasteiger partial charge in [-0.15, -0.1) is 11.3 Å². The van der Waals surface area contributed by atoms with E-state index in [-0.39, 0.29) is 18.9 Å². The van der Waals surface area contributed by atoms with Gasteiger partial charge < -0.3 is 10.4 Å². The van der Waals surface area contributed by atoms with Gasteiger partial charge >= 0.3 is 0 Å². The largest absolute Gasteiger partial charge is 0.388 e. The third kappa shape index (κ3) is 4.65. The molecule has 1 aromatic carbocycles. The number of hydrogen-bond donors (Lipinski definition) is 2. The first kappa shape index (κ1) is 18.6. The number of hydrogen-bond acceptors (Lipinski definition) is 4. The van der Waals surface area contributed by atoms with Crippen LogP contribution in [0.15, 0.2) is 24.3 Å². The Morgan fingerprint density at radius 1 is 1.21 bits per heavy atom. The molecular formula is C19H26N2O2S. The fourth-order valence-corrected chi connectivity index (χ4v) is 3.45. The second-order valence-electron chi connectivity index (χ2n) is 6.26. The first-order valence-corrected chi connectivity index (χ1v) is 9.21. The van der Waals surface area contributed by atoms with Crippen molar-refractivity contribution in [3.63, 3.8) is 0 Å². The highest BCUT2D eigenvalue weighted by Crippen LogP contribution is 2.28. The quantitative estimate of drug-likeness (QED) is 0.804. The minimum absolute atomic E-state index is 0.0765. The lowest BCUT2D eigenvalue weighted by Crippen LogP contribution is -2.42. The van der Waals surface area contributed by atoms with Crippen molar-refractivity contribution in [2.45, 2.75) is 52.6 Å². The van der Waals surface area contributed by atoms with Crippen molar-refractivity contribution in [2.24, 2.45) is 0 Å². The summed E-state index contributed by atoms with van der Waals surface area (Å²) in [5, 5.41) is 14.1. The molecule has 0 atom stereocenters. The van der Waals surface area contributed by atoms with Crippen molar-refractivity contribution in [3.8, 4) is 11.3 Å². The molecule has 130 valence electrons. The maximum absolute atomic E-state index is 12.3. The molecule has 0 saturated carbocycles. The zero-order valence-corrected chi connectivity index (χ0v) is 15.7. The number of rotatable bonds is 7. The van der Waals surface area contributed by atoms with Crippen LogP contribution in [0.3, 0.4) is 0 Å². The molecule has 0 radical (unpaired) electrons. The molecule has 24 heavy (non-hydrogen) atoms. The fraction of sp³-hybridized carbons (Fsp3) is 0.474. The van der Waals surface area contributed by atoms with Gasteiger partial charge in [-0.1, -0.05) is 43.7 Å². The van der Waals surface area contributed by atoms with Crippen molar-refractivity contribution in [1.29, 1.82) is 0 Å². The molecule has 0 unspecified atom stereocenters. The van der Waals surface area contributed by atoms with E-state index in [4.69, 9.17) is 0 Å². The molecule has 4 nitrogen and oxygen atoms in total. The lowest BCUT2D eigenvalue weighted by atomic mass is 9.97. The van der Waals surface area contributed by atoms with E-state index in [1.807, 2.05) is 39.8 Å². The zero-order chi connectivity index (χ0) is 17.7. The Bertz CT molecular complexity index is 688. The first-order valence-electron chi connectivity index (χ1n) is 8.39. The van der Waals surface area contributed by atoms with Gasteiger partial charge in [0.05, 0.1) is 22.7 Å². The second kappa shape index (κ2) is 7.90. The average molecular weight is 346 g/mol. The van der Waals surface area contributed by atoms with E-state index < -0.39 is 5.60 Å². The highest BCUT2D eigenvalue weighted by Gasteiger charge is 2.23. The van der Waals surface area contributed by atoms with Gasteiger partial charge in [0.1, 0.15) is 0 Å². The van der Waals surface area contributed by atoms with Crippen LogP contribution in [-0.2, 0) is 11.2 Å². The van der Waals surface area contributed by atoms with Crippen LogP contribution in [0.1, 0.15) is 42.1 Å². The number of nitrogens with one attached hydrogen (secondary N) is 1. The zero-order valence-electron chi connectivity index (χ0n) is 14.8. The lowest BCUT2D eigenvalue weighted by Gasteiger charge is -2.25. The van der Waals surface area contributed by atoms with Gasteiger partial charge in [0.25, 0.3) is 0 Å². The van der Waals surface area contributed by atoms with E-state index in [9.17, 15) is 9.90 Å². The van der Waals surface area contributed by atoms with Crippen LogP contribution < -0.4 is 5.32 Å². The SMILES string of the molecule is CCC(O)(CC)CNC(=O)Cc1sc(C)nc1-c1ccc(C)cc1. The van der Waals surface area contributed by atoms with Crippen LogP contribution in [0.25, 0.3) is 11.3 Å². The normalized spacial score (nSPS) is 11.5. The Balaban J connectivity index is 2.10. The van der Waals surface area contributed by atoms with Gasteiger partial charge in [-0.25, -0.2) is 4.98 Å². The van der Waals surface area contributed by atoms with E-state index >= 15 is 0 Å². The number of aromatic nitrogens is 1. The minimum atomic E-state index is -0.820. The summed E-state index contributed by atoms with van der Waals surface area (Å²) in [4.78, 5) is 17.9. The van der Waals surface area contributed by atoms with E-state index in [0.717, 1.165) is 21.1 Å². The molecule has 0 bridgehead atoms. The van der Waals surface area contributed by atoms with Crippen LogP contribution >= 0.6 is 11.3 Å². The fourth-order valence-electron chi connectivity index (χ4n) is 2.50. The van der Waals surface area contributed by atoms with Gasteiger partial charge in [0, 0.05) is 17.0 Å². The Morgan fingerprint density at radius 2 is 1.83 bits per heavy atom. The number of aryl methyl sites for hydroxylation is 2. The maximum atomic E-state index is 12.3. The predicted octanol–water partition coefficient (Wildman–Crippen LogP) is 3.64. The summed E-state index contributed by atoms with van der Waals surface area (Å²) in [5.41, 5.74) is 2.29. The Hall–Kier alpha value is -1.72. The van der Waals surface area contributed by atoms with Crippen LogP contribution in [-0.4, -0.2) is 28.1 Å². The third-order valence-corrected chi connectivity index (χ3v) is 5.35. The molecular weight excluding hydrogens is 320 g/mol. The topological polar surface area (TPSA) is 62.2 Å². The number of thiazole rings is 1. The van der Waals surface area contributed by atoms with E-state index in [1.165, 1.54) is 5.56 Å². The molecule has 0 saturated heterocycles. The molecule has 2 aromatic rings. The van der Waals surface area contributed by atoms with Crippen molar-refractivity contribution >= 4 is 17.2 Å². The molecule has 0 fully saturated rings. The van der Waals surface area contributed by atoms with E-state index in [1.54, 1.807) is 11.3 Å². The number of aliphatic hydroxyl groups is 1. The first-order chi connectivity index (χ1) is 11.4. The standard InChI is InChI=1S/C19H26N2O2S/c1-5-19(23,6-2)12-20-17(22)11-16-18(21-14(4)24-16)15-9-7-13(3)8-10-15/h7-10,23H,5-6,11-12H2,1-4H3,(H,20,22). The van der Waals surface area contributed by atoms with Gasteiger partial charge in [0.15, 0.2) is 0 Å². The monoisotopic (exact) mass is 346 g/mol. The molecule has 2 rings (SSSR count). The predicted molar refractivity (Wildman–Crippen MR) is 99.3 cm³/mol. The lowest BCUT2D eigenvalue weighted by molar-refractivity contribution is -0.121. The summed E-state index contributed by atoms with van der Waals surface area (Å²) in [7, 11) is 0. The number of benzene rings is 1. The summed E-state index contributed by atoms with van der Waals surface area (Å²) >= 11 is 1.55. The molecule has 0 aliphatic heterocycles. The summed E-state index contributed by atoms with van der Waals surface area (Å²) in [6.07, 6.45) is 1.54. The Morgan fingerprint density at radius 3 is 2.42 bits per heavy atom. The molecule has 1 amide bonds. The summed E-state index contributed by atoms with van der Waals surface area (Å²) < 4.78 is 0.